The number of nitrogens with one attached hydrogen (secondary N) is 2. The zero-order valence-electron chi connectivity index (χ0n) is 14.9. The third-order valence-corrected chi connectivity index (χ3v) is 3.99. The van der Waals surface area contributed by atoms with E-state index in [0.29, 0.717) is 29.9 Å². The average Bonchev–Trinajstić information content (AvgIpc) is 2.68. The van der Waals surface area contributed by atoms with Gasteiger partial charge in [-0.2, -0.15) is 0 Å². The van der Waals surface area contributed by atoms with Crippen LogP contribution < -0.4 is 15.4 Å². The maximum absolute atomic E-state index is 13.3. The highest BCUT2D eigenvalue weighted by atomic mass is 19.1. The van der Waals surface area contributed by atoms with Crippen LogP contribution >= 0.6 is 0 Å². The summed E-state index contributed by atoms with van der Waals surface area (Å²) in [5, 5.41) is 5.91. The van der Waals surface area contributed by atoms with Crippen molar-refractivity contribution in [2.75, 3.05) is 19.0 Å². The zero-order chi connectivity index (χ0) is 19.1. The molecule has 0 aliphatic heterocycles. The Hall–Kier alpha value is -3.41. The Labute approximate surface area is 157 Å². The number of carbonyl (C=O) groups excluding carboxylic acids is 1. The molecule has 3 aromatic rings. The number of para-hydroxylation sites is 1. The number of ether oxygens (including phenoxy) is 1. The van der Waals surface area contributed by atoms with E-state index >= 15 is 0 Å². The van der Waals surface area contributed by atoms with Gasteiger partial charge >= 0.3 is 0 Å². The molecule has 0 aliphatic carbocycles. The lowest BCUT2D eigenvalue weighted by Gasteiger charge is -2.10. The number of methoxy groups -OCH3 is 1. The molecule has 0 fully saturated rings. The Morgan fingerprint density at radius 2 is 1.93 bits per heavy atom. The summed E-state index contributed by atoms with van der Waals surface area (Å²) in [5.74, 6) is 0.244. The molecule has 0 aliphatic rings. The van der Waals surface area contributed by atoms with Crippen molar-refractivity contribution < 1.29 is 13.9 Å². The molecular weight excluding hydrogens is 345 g/mol. The van der Waals surface area contributed by atoms with Gasteiger partial charge in [-0.3, -0.25) is 9.78 Å². The molecule has 0 unspecified atom stereocenters. The van der Waals surface area contributed by atoms with Crippen molar-refractivity contribution in [2.24, 2.45) is 0 Å². The van der Waals surface area contributed by atoms with Crippen LogP contribution in [0.1, 0.15) is 15.9 Å². The van der Waals surface area contributed by atoms with Crippen LogP contribution in [-0.4, -0.2) is 24.5 Å². The van der Waals surface area contributed by atoms with Crippen molar-refractivity contribution in [1.82, 2.24) is 10.3 Å². The molecule has 1 heterocycles. The molecule has 1 aromatic heterocycles. The Balaban J connectivity index is 1.60. The van der Waals surface area contributed by atoms with E-state index in [4.69, 9.17) is 4.74 Å². The molecule has 3 rings (SSSR count). The van der Waals surface area contributed by atoms with Crippen LogP contribution in [0.5, 0.6) is 5.75 Å². The van der Waals surface area contributed by atoms with Crippen molar-refractivity contribution in [1.29, 1.82) is 0 Å². The predicted molar refractivity (Wildman–Crippen MR) is 103 cm³/mol. The molecule has 0 spiro atoms. The fourth-order valence-corrected chi connectivity index (χ4v) is 2.69. The molecule has 0 radical (unpaired) electrons. The molecule has 0 saturated heterocycles. The monoisotopic (exact) mass is 365 g/mol. The Kier molecular flexibility index (Phi) is 5.99. The quantitative estimate of drug-likeness (QED) is 0.666. The van der Waals surface area contributed by atoms with E-state index in [1.54, 1.807) is 31.5 Å². The van der Waals surface area contributed by atoms with Gasteiger partial charge in [-0.1, -0.05) is 24.3 Å². The smallest absolute Gasteiger partial charge is 0.252 e. The highest BCUT2D eigenvalue weighted by Crippen LogP contribution is 2.18. The Morgan fingerprint density at radius 1 is 1.07 bits per heavy atom. The second-order valence-corrected chi connectivity index (χ2v) is 5.92. The molecule has 0 atom stereocenters. The second kappa shape index (κ2) is 8.80. The largest absolute Gasteiger partial charge is 0.496 e. The zero-order valence-corrected chi connectivity index (χ0v) is 14.9. The van der Waals surface area contributed by atoms with E-state index in [0.717, 1.165) is 11.3 Å². The number of hydrogen-bond acceptors (Lipinski definition) is 4. The van der Waals surface area contributed by atoms with Crippen LogP contribution in [0.15, 0.2) is 67.0 Å². The first-order valence-electron chi connectivity index (χ1n) is 8.53. The summed E-state index contributed by atoms with van der Waals surface area (Å²) in [6, 6.07) is 15.5. The molecule has 0 saturated carbocycles. The van der Waals surface area contributed by atoms with E-state index < -0.39 is 0 Å². The van der Waals surface area contributed by atoms with E-state index in [2.05, 4.69) is 15.6 Å². The van der Waals surface area contributed by atoms with Gasteiger partial charge in [-0.15, -0.1) is 0 Å². The Bertz CT molecular complexity index is 931. The third kappa shape index (κ3) is 5.04. The number of carbonyl (C=O) groups is 1. The lowest BCUT2D eigenvalue weighted by molar-refractivity contribution is 0.0953. The average molecular weight is 365 g/mol. The van der Waals surface area contributed by atoms with Gasteiger partial charge < -0.3 is 15.4 Å². The molecule has 2 N–H and O–H groups in total. The number of pyridine rings is 1. The maximum atomic E-state index is 13.3. The number of halogens is 1. The van der Waals surface area contributed by atoms with Gasteiger partial charge in [0.2, 0.25) is 0 Å². The highest BCUT2D eigenvalue weighted by molar-refractivity contribution is 5.94. The van der Waals surface area contributed by atoms with Crippen molar-refractivity contribution in [3.8, 4) is 5.75 Å². The molecule has 138 valence electrons. The predicted octanol–water partition coefficient (Wildman–Crippen LogP) is 3.95. The van der Waals surface area contributed by atoms with Gasteiger partial charge in [0, 0.05) is 18.4 Å². The SMILES string of the molecule is COc1ccccc1CCNC(=O)c1cncc(Nc2cccc(F)c2)c1. The first-order chi connectivity index (χ1) is 13.2. The van der Waals surface area contributed by atoms with E-state index in [1.165, 1.54) is 18.3 Å². The number of nitrogens with zero attached hydrogens (tertiary/aromatic N) is 1. The summed E-state index contributed by atoms with van der Waals surface area (Å²) in [7, 11) is 1.63. The Morgan fingerprint density at radius 3 is 2.74 bits per heavy atom. The standard InChI is InChI=1S/C21H20FN3O2/c1-27-20-8-3-2-5-15(20)9-10-24-21(26)16-11-19(14-23-13-16)25-18-7-4-6-17(22)12-18/h2-8,11-14,25H,9-10H2,1H3,(H,24,26). The third-order valence-electron chi connectivity index (χ3n) is 3.99. The van der Waals surface area contributed by atoms with Gasteiger partial charge in [0.15, 0.2) is 0 Å². The number of rotatable bonds is 7. The molecule has 5 nitrogen and oxygen atoms in total. The summed E-state index contributed by atoms with van der Waals surface area (Å²) < 4.78 is 18.6. The van der Waals surface area contributed by atoms with Crippen molar-refractivity contribution in [3.05, 3.63) is 83.9 Å². The van der Waals surface area contributed by atoms with Gasteiger partial charge in [0.1, 0.15) is 11.6 Å². The first-order valence-corrected chi connectivity index (χ1v) is 8.53. The molecule has 0 bridgehead atoms. The first kappa shape index (κ1) is 18.4. The summed E-state index contributed by atoms with van der Waals surface area (Å²) in [6.45, 7) is 0.473. The number of anilines is 2. The maximum Gasteiger partial charge on any atom is 0.252 e. The van der Waals surface area contributed by atoms with Crippen molar-refractivity contribution in [2.45, 2.75) is 6.42 Å². The van der Waals surface area contributed by atoms with E-state index in [-0.39, 0.29) is 11.7 Å². The number of benzene rings is 2. The van der Waals surface area contributed by atoms with Gasteiger partial charge in [-0.25, -0.2) is 4.39 Å². The van der Waals surface area contributed by atoms with Gasteiger partial charge in [0.05, 0.1) is 24.6 Å². The minimum absolute atomic E-state index is 0.222. The molecule has 1 amide bonds. The summed E-state index contributed by atoms with van der Waals surface area (Å²) in [4.78, 5) is 16.5. The number of amides is 1. The lowest BCUT2D eigenvalue weighted by atomic mass is 10.1. The lowest BCUT2D eigenvalue weighted by Crippen LogP contribution is -2.26. The number of hydrogen-bond donors (Lipinski definition) is 2. The van der Waals surface area contributed by atoms with Crippen LogP contribution in [0, 0.1) is 5.82 Å². The molecule has 2 aromatic carbocycles. The van der Waals surface area contributed by atoms with Crippen LogP contribution in [0.4, 0.5) is 15.8 Å². The van der Waals surface area contributed by atoms with Crippen molar-refractivity contribution in [3.63, 3.8) is 0 Å². The fraction of sp³-hybridized carbons (Fsp3) is 0.143. The second-order valence-electron chi connectivity index (χ2n) is 5.92. The molecule has 27 heavy (non-hydrogen) atoms. The summed E-state index contributed by atoms with van der Waals surface area (Å²) >= 11 is 0. The highest BCUT2D eigenvalue weighted by Gasteiger charge is 2.08. The minimum Gasteiger partial charge on any atom is -0.496 e. The van der Waals surface area contributed by atoms with Crippen LogP contribution in [-0.2, 0) is 6.42 Å². The van der Waals surface area contributed by atoms with Crippen LogP contribution in [0.2, 0.25) is 0 Å². The van der Waals surface area contributed by atoms with Crippen LogP contribution in [0.3, 0.4) is 0 Å². The number of aromatic nitrogens is 1. The molecule has 6 heteroatoms. The fourth-order valence-electron chi connectivity index (χ4n) is 2.69. The van der Waals surface area contributed by atoms with Gasteiger partial charge in [0.25, 0.3) is 5.91 Å². The van der Waals surface area contributed by atoms with Crippen LogP contribution in [0.25, 0.3) is 0 Å². The van der Waals surface area contributed by atoms with E-state index in [9.17, 15) is 9.18 Å². The summed E-state index contributed by atoms with van der Waals surface area (Å²) in [6.07, 6.45) is 3.73. The topological polar surface area (TPSA) is 63.2 Å². The minimum atomic E-state index is -0.335. The van der Waals surface area contributed by atoms with Crippen molar-refractivity contribution >= 4 is 17.3 Å². The van der Waals surface area contributed by atoms with E-state index in [1.807, 2.05) is 24.3 Å². The normalized spacial score (nSPS) is 10.3. The van der Waals surface area contributed by atoms with Gasteiger partial charge in [-0.05, 0) is 42.3 Å². The summed E-state index contributed by atoms with van der Waals surface area (Å²) in [5.41, 5.74) is 2.65. The molecular formula is C21H20FN3O2.